The molecule has 0 saturated carbocycles. The summed E-state index contributed by atoms with van der Waals surface area (Å²) in [4.78, 5) is 8.26. The Morgan fingerprint density at radius 1 is 1.86 bits per heavy atom. The molecule has 0 spiro atoms. The van der Waals surface area contributed by atoms with Crippen molar-refractivity contribution in [3.63, 3.8) is 0 Å². The maximum atomic E-state index is 10.0. The average Bonchev–Trinajstić information content (AvgIpc) is 1.35. The molecule has 0 saturated heterocycles. The smallest absolute Gasteiger partial charge is 0.219 e. The van der Waals surface area contributed by atoms with Crippen LogP contribution in [0.1, 0.15) is 0 Å². The summed E-state index contributed by atoms with van der Waals surface area (Å²) in [5.74, 6) is 1.05. The van der Waals surface area contributed by atoms with Crippen LogP contribution in [0.2, 0.25) is 0 Å². The van der Waals surface area contributed by atoms with Crippen molar-refractivity contribution in [2.45, 2.75) is 0 Å². The van der Waals surface area contributed by atoms with Crippen LogP contribution in [0.4, 0.5) is 0 Å². The fourth-order valence-electron chi connectivity index (χ4n) is 0. The second-order valence-corrected chi connectivity index (χ2v) is 3.38. The van der Waals surface area contributed by atoms with Crippen LogP contribution in [-0.2, 0) is 4.57 Å². The zero-order chi connectivity index (χ0) is 5.21. The van der Waals surface area contributed by atoms with E-state index in [1.54, 1.807) is 0 Å². The third-order valence-corrected chi connectivity index (χ3v) is 1.02. The molecule has 0 aromatic carbocycles. The van der Waals surface area contributed by atoms with Crippen molar-refractivity contribution >= 4 is 19.8 Å². The maximum Gasteiger partial charge on any atom is 0.219 e. The van der Waals surface area contributed by atoms with E-state index < -0.39 is 7.37 Å². The highest BCUT2D eigenvalue weighted by atomic mass is 35.5. The molecule has 0 rings (SSSR count). The SMILES string of the molecule is C=CP(C)(=O)O.Cl. The van der Waals surface area contributed by atoms with Gasteiger partial charge < -0.3 is 4.89 Å². The van der Waals surface area contributed by atoms with Crippen LogP contribution < -0.4 is 0 Å². The molecule has 0 amide bonds. The molecule has 0 aromatic rings. The summed E-state index contributed by atoms with van der Waals surface area (Å²) in [6.45, 7) is 4.35. The molecule has 44 valence electrons. The van der Waals surface area contributed by atoms with Gasteiger partial charge in [0.1, 0.15) is 0 Å². The molecule has 0 radical (unpaired) electrons. The Morgan fingerprint density at radius 3 is 2.00 bits per heavy atom. The summed E-state index contributed by atoms with van der Waals surface area (Å²) in [6, 6.07) is 0. The minimum Gasteiger partial charge on any atom is -0.342 e. The normalized spacial score (nSPS) is 16.3. The van der Waals surface area contributed by atoms with E-state index in [9.17, 15) is 4.57 Å². The highest BCUT2D eigenvalue weighted by molar-refractivity contribution is 7.60. The summed E-state index contributed by atoms with van der Waals surface area (Å²) < 4.78 is 10.0. The quantitative estimate of drug-likeness (QED) is 0.563. The van der Waals surface area contributed by atoms with Gasteiger partial charge in [0.25, 0.3) is 0 Å². The van der Waals surface area contributed by atoms with E-state index in [1.807, 2.05) is 0 Å². The van der Waals surface area contributed by atoms with Crippen LogP contribution in [0.5, 0.6) is 0 Å². The van der Waals surface area contributed by atoms with E-state index in [0.717, 1.165) is 5.82 Å². The zero-order valence-corrected chi connectivity index (χ0v) is 5.71. The summed E-state index contributed by atoms with van der Waals surface area (Å²) in [5.41, 5.74) is 0. The largest absolute Gasteiger partial charge is 0.342 e. The van der Waals surface area contributed by atoms with Gasteiger partial charge in [-0.1, -0.05) is 6.58 Å². The molecular weight excluding hydrogens is 134 g/mol. The van der Waals surface area contributed by atoms with Crippen LogP contribution in [0.3, 0.4) is 0 Å². The van der Waals surface area contributed by atoms with Gasteiger partial charge in [-0.2, -0.15) is 0 Å². The predicted molar refractivity (Wildman–Crippen MR) is 33.2 cm³/mol. The van der Waals surface area contributed by atoms with E-state index in [4.69, 9.17) is 4.89 Å². The molecule has 4 heteroatoms. The van der Waals surface area contributed by atoms with E-state index >= 15 is 0 Å². The number of hydrogen-bond donors (Lipinski definition) is 1. The van der Waals surface area contributed by atoms with Gasteiger partial charge in [0.2, 0.25) is 7.37 Å². The molecule has 7 heavy (non-hydrogen) atoms. The Bertz CT molecular complexity index is 95.1. The lowest BCUT2D eigenvalue weighted by Crippen LogP contribution is -1.61. The summed E-state index contributed by atoms with van der Waals surface area (Å²) in [6.07, 6.45) is 0. The van der Waals surface area contributed by atoms with Gasteiger partial charge in [0.05, 0.1) is 0 Å². The van der Waals surface area contributed by atoms with Crippen LogP contribution in [0.15, 0.2) is 12.4 Å². The highest BCUT2D eigenvalue weighted by Crippen LogP contribution is 2.35. The van der Waals surface area contributed by atoms with Gasteiger partial charge in [-0.05, 0) is 5.82 Å². The second-order valence-electron chi connectivity index (χ2n) is 1.13. The topological polar surface area (TPSA) is 37.3 Å². The first kappa shape index (κ1) is 10.3. The molecule has 2 nitrogen and oxygen atoms in total. The summed E-state index contributed by atoms with van der Waals surface area (Å²) in [5, 5.41) is 0. The maximum absolute atomic E-state index is 10.0. The van der Waals surface area contributed by atoms with Crippen molar-refractivity contribution in [3.05, 3.63) is 12.4 Å². The van der Waals surface area contributed by atoms with E-state index in [2.05, 4.69) is 6.58 Å². The number of halogens is 1. The van der Waals surface area contributed by atoms with Crippen molar-refractivity contribution in [1.82, 2.24) is 0 Å². The molecular formula is C3H8ClO2P. The molecule has 0 fully saturated rings. The highest BCUT2D eigenvalue weighted by Gasteiger charge is 1.97. The third kappa shape index (κ3) is 10.7. The monoisotopic (exact) mass is 142 g/mol. The fraction of sp³-hybridized carbons (Fsp3) is 0.333. The average molecular weight is 143 g/mol. The van der Waals surface area contributed by atoms with E-state index in [0.29, 0.717) is 0 Å². The lowest BCUT2D eigenvalue weighted by Gasteiger charge is -1.89. The molecule has 1 atom stereocenters. The molecule has 0 aromatic heterocycles. The predicted octanol–water partition coefficient (Wildman–Crippen LogP) is 1.45. The van der Waals surface area contributed by atoms with E-state index in [1.165, 1.54) is 6.66 Å². The van der Waals surface area contributed by atoms with Gasteiger partial charge in [-0.15, -0.1) is 12.4 Å². The molecule has 1 N–H and O–H groups in total. The Morgan fingerprint density at radius 2 is 2.00 bits per heavy atom. The lowest BCUT2D eigenvalue weighted by atomic mass is 11.3. The first-order valence-electron chi connectivity index (χ1n) is 1.50. The molecule has 0 aliphatic rings. The second kappa shape index (κ2) is 3.25. The molecule has 0 aliphatic heterocycles. The van der Waals surface area contributed by atoms with Crippen LogP contribution >= 0.6 is 19.8 Å². The Balaban J connectivity index is 0. The fourth-order valence-corrected chi connectivity index (χ4v) is 0. The minimum atomic E-state index is -2.88. The minimum absolute atomic E-state index is 0. The van der Waals surface area contributed by atoms with Gasteiger partial charge >= 0.3 is 0 Å². The zero-order valence-electron chi connectivity index (χ0n) is 4.00. The Hall–Kier alpha value is 0.220. The first-order valence-corrected chi connectivity index (χ1v) is 3.67. The summed E-state index contributed by atoms with van der Waals surface area (Å²) in [7, 11) is -2.88. The van der Waals surface area contributed by atoms with Crippen molar-refractivity contribution in [1.29, 1.82) is 0 Å². The van der Waals surface area contributed by atoms with E-state index in [-0.39, 0.29) is 12.4 Å². The van der Waals surface area contributed by atoms with Gasteiger partial charge in [0, 0.05) is 6.66 Å². The molecule has 0 bridgehead atoms. The molecule has 0 aliphatic carbocycles. The molecule has 1 unspecified atom stereocenters. The van der Waals surface area contributed by atoms with Crippen LogP contribution in [-0.4, -0.2) is 11.6 Å². The lowest BCUT2D eigenvalue weighted by molar-refractivity contribution is 0.495. The number of hydrogen-bond acceptors (Lipinski definition) is 1. The van der Waals surface area contributed by atoms with Gasteiger partial charge in [-0.25, -0.2) is 0 Å². The standard InChI is InChI=1S/C3H7O2P.ClH/c1-3-6(2,4)5;/h3H,1H2,2H3,(H,4,5);1H. The van der Waals surface area contributed by atoms with Crippen molar-refractivity contribution < 1.29 is 9.46 Å². The Labute approximate surface area is 49.1 Å². The van der Waals surface area contributed by atoms with Crippen molar-refractivity contribution in [2.24, 2.45) is 0 Å². The third-order valence-electron chi connectivity index (χ3n) is 0.339. The van der Waals surface area contributed by atoms with Crippen molar-refractivity contribution in [2.75, 3.05) is 6.66 Å². The van der Waals surface area contributed by atoms with Crippen LogP contribution in [0.25, 0.3) is 0 Å². The van der Waals surface area contributed by atoms with Crippen molar-refractivity contribution in [3.8, 4) is 0 Å². The Kier molecular flexibility index (Phi) is 4.76. The van der Waals surface area contributed by atoms with Gasteiger partial charge in [0.15, 0.2) is 0 Å². The number of rotatable bonds is 1. The van der Waals surface area contributed by atoms with Crippen LogP contribution in [0, 0.1) is 0 Å². The summed E-state index contributed by atoms with van der Waals surface area (Å²) >= 11 is 0. The molecule has 0 heterocycles. The van der Waals surface area contributed by atoms with Gasteiger partial charge in [-0.3, -0.25) is 4.57 Å². The first-order chi connectivity index (χ1) is 2.56.